The number of rotatable bonds is 6. The molecular weight excluding hydrogens is 426 g/mol. The highest BCUT2D eigenvalue weighted by molar-refractivity contribution is 6.15. The van der Waals surface area contributed by atoms with Crippen LogP contribution in [0.1, 0.15) is 21.7 Å². The van der Waals surface area contributed by atoms with Crippen molar-refractivity contribution in [2.24, 2.45) is 0 Å². The average molecular weight is 445 g/mol. The van der Waals surface area contributed by atoms with Gasteiger partial charge in [0.05, 0.1) is 5.56 Å². The maximum atomic E-state index is 12.6. The van der Waals surface area contributed by atoms with Crippen LogP contribution in [-0.4, -0.2) is 40.4 Å². The van der Waals surface area contributed by atoms with Crippen molar-refractivity contribution in [1.29, 1.82) is 0 Å². The topological polar surface area (TPSA) is 129 Å². The zero-order valence-electron chi connectivity index (χ0n) is 17.5. The van der Waals surface area contributed by atoms with Gasteiger partial charge in [-0.25, -0.2) is 14.5 Å². The Morgan fingerprint density at radius 2 is 1.85 bits per heavy atom. The van der Waals surface area contributed by atoms with Crippen LogP contribution in [-0.2, 0) is 9.59 Å². The molecule has 1 fully saturated rings. The molecule has 4 amide bonds. The van der Waals surface area contributed by atoms with Crippen LogP contribution in [0.5, 0.6) is 0 Å². The number of nitrogens with zero attached hydrogens (tertiary/aromatic N) is 1. The van der Waals surface area contributed by atoms with Gasteiger partial charge in [0.2, 0.25) is 5.91 Å². The lowest BCUT2D eigenvalue weighted by molar-refractivity contribution is -0.127. The van der Waals surface area contributed by atoms with Crippen LogP contribution in [0.2, 0.25) is 0 Å². The Hall–Kier alpha value is -4.66. The van der Waals surface area contributed by atoms with Gasteiger partial charge < -0.3 is 20.2 Å². The van der Waals surface area contributed by atoms with Crippen LogP contribution in [0.3, 0.4) is 0 Å². The number of urea groups is 1. The highest BCUT2D eigenvalue weighted by Crippen LogP contribution is 2.24. The van der Waals surface area contributed by atoms with E-state index < -0.39 is 30.4 Å². The predicted octanol–water partition coefficient (Wildman–Crippen LogP) is 3.48. The first-order chi connectivity index (χ1) is 15.8. The molecule has 1 aliphatic heterocycles. The zero-order chi connectivity index (χ0) is 23.5. The van der Waals surface area contributed by atoms with E-state index in [9.17, 15) is 19.2 Å². The van der Waals surface area contributed by atoms with Gasteiger partial charge in [0.1, 0.15) is 23.8 Å². The molecule has 1 saturated heterocycles. The number of furan rings is 1. The predicted molar refractivity (Wildman–Crippen MR) is 119 cm³/mol. The molecule has 0 aliphatic carbocycles. The van der Waals surface area contributed by atoms with Crippen molar-refractivity contribution in [1.82, 2.24) is 10.2 Å². The summed E-state index contributed by atoms with van der Waals surface area (Å²) < 4.78 is 5.70. The van der Waals surface area contributed by atoms with E-state index in [4.69, 9.17) is 9.52 Å². The van der Waals surface area contributed by atoms with Crippen molar-refractivity contribution in [3.05, 3.63) is 83.2 Å². The lowest BCUT2D eigenvalue weighted by atomic mass is 10.1. The second kappa shape index (κ2) is 8.83. The van der Waals surface area contributed by atoms with Crippen LogP contribution in [0, 0.1) is 6.92 Å². The second-order valence-corrected chi connectivity index (χ2v) is 7.38. The molecule has 166 valence electrons. The molecule has 33 heavy (non-hydrogen) atoms. The summed E-state index contributed by atoms with van der Waals surface area (Å²) in [4.78, 5) is 49.0. The van der Waals surface area contributed by atoms with E-state index in [0.29, 0.717) is 22.8 Å². The molecule has 1 aromatic heterocycles. The Labute approximate surface area is 188 Å². The summed E-state index contributed by atoms with van der Waals surface area (Å²) in [5.74, 6) is -1.41. The van der Waals surface area contributed by atoms with E-state index in [1.54, 1.807) is 42.5 Å². The van der Waals surface area contributed by atoms with Gasteiger partial charge in [-0.1, -0.05) is 24.3 Å². The number of aromatic carboxylic acids is 1. The van der Waals surface area contributed by atoms with Gasteiger partial charge in [-0.3, -0.25) is 9.59 Å². The third-order valence-electron chi connectivity index (χ3n) is 4.90. The van der Waals surface area contributed by atoms with Gasteiger partial charge in [0, 0.05) is 17.3 Å². The SMILES string of the molecule is Cc1cccc(NC(=O)CN2C(=O)N/C(=C\c3ccc(-c4ccc(C(=O)O)cc4)o3)C2=O)c1. The van der Waals surface area contributed by atoms with E-state index in [-0.39, 0.29) is 11.3 Å². The fourth-order valence-corrected chi connectivity index (χ4v) is 3.29. The standard InChI is InChI=1S/C24H19N3O6/c1-14-3-2-4-17(11-14)25-21(28)13-27-22(29)19(26-24(27)32)12-18-9-10-20(33-18)15-5-7-16(8-6-15)23(30)31/h2-12H,13H2,1H3,(H,25,28)(H,26,32)(H,30,31)/b19-12-. The number of hydrogen-bond donors (Lipinski definition) is 3. The summed E-state index contributed by atoms with van der Waals surface area (Å²) in [6, 6.07) is 15.9. The van der Waals surface area contributed by atoms with Crippen molar-refractivity contribution < 1.29 is 28.7 Å². The van der Waals surface area contributed by atoms with Crippen molar-refractivity contribution >= 4 is 35.6 Å². The number of anilines is 1. The normalized spacial score (nSPS) is 14.5. The van der Waals surface area contributed by atoms with Crippen molar-refractivity contribution in [3.63, 3.8) is 0 Å². The summed E-state index contributed by atoms with van der Waals surface area (Å²) in [7, 11) is 0. The molecule has 9 heteroatoms. The Morgan fingerprint density at radius 1 is 1.09 bits per heavy atom. The average Bonchev–Trinajstić information content (AvgIpc) is 3.34. The van der Waals surface area contributed by atoms with E-state index >= 15 is 0 Å². The number of carboxylic acids is 1. The van der Waals surface area contributed by atoms with Crippen LogP contribution in [0.25, 0.3) is 17.4 Å². The quantitative estimate of drug-likeness (QED) is 0.394. The van der Waals surface area contributed by atoms with Crippen LogP contribution in [0.15, 0.2) is 70.8 Å². The fourth-order valence-electron chi connectivity index (χ4n) is 3.29. The summed E-state index contributed by atoms with van der Waals surface area (Å²) >= 11 is 0. The number of amides is 4. The Kier molecular flexibility index (Phi) is 5.77. The maximum absolute atomic E-state index is 12.6. The Balaban J connectivity index is 1.44. The zero-order valence-corrected chi connectivity index (χ0v) is 17.5. The molecule has 0 atom stereocenters. The highest BCUT2D eigenvalue weighted by Gasteiger charge is 2.35. The number of aryl methyl sites for hydroxylation is 1. The highest BCUT2D eigenvalue weighted by atomic mass is 16.4. The number of hydrogen-bond acceptors (Lipinski definition) is 5. The molecule has 3 aromatic rings. The molecule has 0 saturated carbocycles. The van der Waals surface area contributed by atoms with Gasteiger partial charge in [0.25, 0.3) is 5.91 Å². The molecule has 2 heterocycles. The molecule has 1 aliphatic rings. The summed E-state index contributed by atoms with van der Waals surface area (Å²) in [6.07, 6.45) is 1.37. The van der Waals surface area contributed by atoms with Crippen molar-refractivity contribution in [3.8, 4) is 11.3 Å². The van der Waals surface area contributed by atoms with Crippen molar-refractivity contribution in [2.75, 3.05) is 11.9 Å². The molecule has 0 bridgehead atoms. The van der Waals surface area contributed by atoms with Gasteiger partial charge >= 0.3 is 12.0 Å². The van der Waals surface area contributed by atoms with Gasteiger partial charge in [-0.15, -0.1) is 0 Å². The number of carboxylic acid groups (broad SMARTS) is 1. The van der Waals surface area contributed by atoms with Crippen LogP contribution < -0.4 is 10.6 Å². The number of carbonyl (C=O) groups excluding carboxylic acids is 3. The van der Waals surface area contributed by atoms with E-state index in [0.717, 1.165) is 10.5 Å². The van der Waals surface area contributed by atoms with Gasteiger partial charge in [-0.2, -0.15) is 0 Å². The van der Waals surface area contributed by atoms with Crippen LogP contribution in [0.4, 0.5) is 10.5 Å². The third-order valence-corrected chi connectivity index (χ3v) is 4.90. The summed E-state index contributed by atoms with van der Waals surface area (Å²) in [5, 5.41) is 14.1. The number of carbonyl (C=O) groups is 4. The molecule has 0 radical (unpaired) electrons. The maximum Gasteiger partial charge on any atom is 0.335 e. The number of benzene rings is 2. The Morgan fingerprint density at radius 3 is 2.55 bits per heavy atom. The molecule has 0 spiro atoms. The lowest BCUT2D eigenvalue weighted by Gasteiger charge is -2.12. The first-order valence-corrected chi connectivity index (χ1v) is 9.95. The molecule has 0 unspecified atom stereocenters. The Bertz CT molecular complexity index is 1290. The van der Waals surface area contributed by atoms with E-state index in [1.807, 2.05) is 13.0 Å². The molecule has 9 nitrogen and oxygen atoms in total. The van der Waals surface area contributed by atoms with E-state index in [1.165, 1.54) is 18.2 Å². The van der Waals surface area contributed by atoms with Gasteiger partial charge in [0.15, 0.2) is 0 Å². The number of imide groups is 1. The summed E-state index contributed by atoms with van der Waals surface area (Å²) in [6.45, 7) is 1.45. The van der Waals surface area contributed by atoms with Crippen LogP contribution >= 0.6 is 0 Å². The smallest absolute Gasteiger partial charge is 0.335 e. The monoisotopic (exact) mass is 445 g/mol. The largest absolute Gasteiger partial charge is 0.478 e. The van der Waals surface area contributed by atoms with Gasteiger partial charge in [-0.05, 0) is 48.9 Å². The number of nitrogens with one attached hydrogen (secondary N) is 2. The molecule has 3 N–H and O–H groups in total. The lowest BCUT2D eigenvalue weighted by Crippen LogP contribution is -2.38. The molecule has 4 rings (SSSR count). The second-order valence-electron chi connectivity index (χ2n) is 7.38. The minimum atomic E-state index is -1.03. The fraction of sp³-hybridized carbons (Fsp3) is 0.0833. The first kappa shape index (κ1) is 21.6. The third kappa shape index (κ3) is 4.82. The molecule has 2 aromatic carbocycles. The first-order valence-electron chi connectivity index (χ1n) is 9.95. The molecular formula is C24H19N3O6. The minimum absolute atomic E-state index is 0.0227. The minimum Gasteiger partial charge on any atom is -0.478 e. The summed E-state index contributed by atoms with van der Waals surface area (Å²) in [5.41, 5.74) is 2.32. The van der Waals surface area contributed by atoms with E-state index in [2.05, 4.69) is 10.6 Å². The van der Waals surface area contributed by atoms with Crippen molar-refractivity contribution in [2.45, 2.75) is 6.92 Å².